The van der Waals surface area contributed by atoms with Crippen LogP contribution in [0.2, 0.25) is 5.02 Å². The lowest BCUT2D eigenvalue weighted by Crippen LogP contribution is -2.26. The van der Waals surface area contributed by atoms with E-state index in [-0.39, 0.29) is 11.6 Å². The Morgan fingerprint density at radius 2 is 2.11 bits per heavy atom. The van der Waals surface area contributed by atoms with Crippen molar-refractivity contribution < 1.29 is 4.79 Å². The maximum Gasteiger partial charge on any atom is 0.274 e. The Hall–Kier alpha value is -2.74. The minimum Gasteiger partial charge on any atom is -0.343 e. The number of hydrogen-bond donors (Lipinski definition) is 1. The number of nitrogens with one attached hydrogen (secondary N) is 1. The number of benzene rings is 1. The summed E-state index contributed by atoms with van der Waals surface area (Å²) >= 11 is 6.02. The number of nitrogens with zero attached hydrogens (tertiary/aromatic N) is 6. The van der Waals surface area contributed by atoms with Crippen LogP contribution >= 0.6 is 11.6 Å². The summed E-state index contributed by atoms with van der Waals surface area (Å²) in [6, 6.07) is 7.16. The van der Waals surface area contributed by atoms with Gasteiger partial charge >= 0.3 is 0 Å². The van der Waals surface area contributed by atoms with E-state index in [2.05, 4.69) is 30.3 Å². The molecule has 140 valence electrons. The predicted octanol–water partition coefficient (Wildman–Crippen LogP) is 2.48. The zero-order chi connectivity index (χ0) is 18.8. The number of hydrogen-bond acceptors (Lipinski definition) is 5. The highest BCUT2D eigenvalue weighted by Crippen LogP contribution is 2.16. The third-order valence-corrected chi connectivity index (χ3v) is 4.86. The maximum atomic E-state index is 12.6. The van der Waals surface area contributed by atoms with Crippen LogP contribution < -0.4 is 5.32 Å². The van der Waals surface area contributed by atoms with Crippen molar-refractivity contribution in [2.45, 2.75) is 45.7 Å². The molecule has 1 aromatic carbocycles. The minimum absolute atomic E-state index is 0.283. The third kappa shape index (κ3) is 3.71. The molecule has 0 radical (unpaired) electrons. The monoisotopic (exact) mass is 385 g/mol. The lowest BCUT2D eigenvalue weighted by Gasteiger charge is -2.07. The predicted molar refractivity (Wildman–Crippen MR) is 99.9 cm³/mol. The summed E-state index contributed by atoms with van der Waals surface area (Å²) in [6.07, 6.45) is 4.38. The van der Waals surface area contributed by atoms with Crippen molar-refractivity contribution in [3.8, 4) is 5.69 Å². The van der Waals surface area contributed by atoms with Crippen molar-refractivity contribution >= 4 is 17.5 Å². The van der Waals surface area contributed by atoms with Gasteiger partial charge in [-0.3, -0.25) is 4.79 Å². The van der Waals surface area contributed by atoms with E-state index in [1.165, 1.54) is 11.2 Å². The van der Waals surface area contributed by atoms with Gasteiger partial charge in [0.25, 0.3) is 5.91 Å². The first kappa shape index (κ1) is 17.7. The van der Waals surface area contributed by atoms with E-state index in [0.29, 0.717) is 22.9 Å². The highest BCUT2D eigenvalue weighted by molar-refractivity contribution is 6.30. The van der Waals surface area contributed by atoms with E-state index in [9.17, 15) is 4.79 Å². The Morgan fingerprint density at radius 3 is 2.96 bits per heavy atom. The second-order valence-corrected chi connectivity index (χ2v) is 7.02. The maximum absolute atomic E-state index is 12.6. The van der Waals surface area contributed by atoms with Crippen molar-refractivity contribution in [3.05, 3.63) is 52.3 Å². The van der Waals surface area contributed by atoms with E-state index < -0.39 is 0 Å². The van der Waals surface area contributed by atoms with Crippen LogP contribution in [0.25, 0.3) is 5.69 Å². The second kappa shape index (κ2) is 7.48. The molecule has 4 rings (SSSR count). The summed E-state index contributed by atoms with van der Waals surface area (Å²) in [5.41, 5.74) is 1.53. The van der Waals surface area contributed by atoms with E-state index >= 15 is 0 Å². The Balaban J connectivity index is 1.49. The van der Waals surface area contributed by atoms with Crippen LogP contribution in [0, 0.1) is 6.92 Å². The van der Waals surface area contributed by atoms with Crippen molar-refractivity contribution in [1.82, 2.24) is 35.1 Å². The van der Waals surface area contributed by atoms with E-state index in [0.717, 1.165) is 37.5 Å². The fourth-order valence-electron chi connectivity index (χ4n) is 3.22. The molecule has 0 unspecified atom stereocenters. The molecule has 3 aromatic rings. The first-order chi connectivity index (χ1) is 13.1. The molecule has 1 aliphatic rings. The first-order valence-corrected chi connectivity index (χ1v) is 9.38. The fourth-order valence-corrected chi connectivity index (χ4v) is 3.41. The summed E-state index contributed by atoms with van der Waals surface area (Å²) < 4.78 is 2.11. The van der Waals surface area contributed by atoms with Gasteiger partial charge in [-0.25, -0.2) is 0 Å². The average molecular weight is 386 g/mol. The Bertz CT molecular complexity index is 978. The van der Waals surface area contributed by atoms with Crippen LogP contribution in [0.15, 0.2) is 24.3 Å². The Labute approximate surface area is 161 Å². The lowest BCUT2D eigenvalue weighted by molar-refractivity contribution is 0.0943. The van der Waals surface area contributed by atoms with Crippen LogP contribution in [0.1, 0.15) is 47.1 Å². The molecule has 9 heteroatoms. The van der Waals surface area contributed by atoms with Gasteiger partial charge in [0.2, 0.25) is 0 Å². The Morgan fingerprint density at radius 1 is 1.22 bits per heavy atom. The topological polar surface area (TPSA) is 90.5 Å². The lowest BCUT2D eigenvalue weighted by atomic mass is 10.2. The van der Waals surface area contributed by atoms with E-state index in [4.69, 9.17) is 11.6 Å². The number of carbonyl (C=O) groups is 1. The van der Waals surface area contributed by atoms with Gasteiger partial charge < -0.3 is 9.88 Å². The third-order valence-electron chi connectivity index (χ3n) is 4.63. The molecule has 27 heavy (non-hydrogen) atoms. The van der Waals surface area contributed by atoms with Gasteiger partial charge in [0.05, 0.1) is 17.9 Å². The van der Waals surface area contributed by atoms with Crippen LogP contribution in [-0.4, -0.2) is 35.7 Å². The summed E-state index contributed by atoms with van der Waals surface area (Å²) in [7, 11) is 0. The number of carbonyl (C=O) groups excluding carboxylic acids is 1. The molecule has 0 aliphatic carbocycles. The smallest absolute Gasteiger partial charge is 0.274 e. The van der Waals surface area contributed by atoms with Crippen molar-refractivity contribution in [3.63, 3.8) is 0 Å². The molecule has 3 heterocycles. The standard InChI is InChI=1S/C18H20ClN7O/c1-12-17(24-26(23-12)14-7-5-6-13(19)10-14)18(27)20-11-16-22-21-15-8-3-2-4-9-25(15)16/h5-7,10H,2-4,8-9,11H2,1H3,(H,20,27). The van der Waals surface area contributed by atoms with Gasteiger partial charge in [0.1, 0.15) is 5.82 Å². The largest absolute Gasteiger partial charge is 0.343 e. The number of halogens is 1. The Kier molecular flexibility index (Phi) is 4.89. The minimum atomic E-state index is -0.285. The summed E-state index contributed by atoms with van der Waals surface area (Å²) in [5.74, 6) is 1.49. The quantitative estimate of drug-likeness (QED) is 0.745. The van der Waals surface area contributed by atoms with Gasteiger partial charge in [-0.05, 0) is 38.0 Å². The van der Waals surface area contributed by atoms with Gasteiger partial charge in [-0.2, -0.15) is 9.90 Å². The molecule has 0 saturated carbocycles. The number of aromatic nitrogens is 6. The molecule has 0 bridgehead atoms. The molecule has 0 saturated heterocycles. The normalized spacial score (nSPS) is 13.9. The van der Waals surface area contributed by atoms with Crippen molar-refractivity contribution in [1.29, 1.82) is 0 Å². The van der Waals surface area contributed by atoms with Crippen molar-refractivity contribution in [2.24, 2.45) is 0 Å². The number of amides is 1. The molecule has 8 nitrogen and oxygen atoms in total. The number of rotatable bonds is 4. The molecule has 1 amide bonds. The van der Waals surface area contributed by atoms with Crippen LogP contribution in [-0.2, 0) is 19.5 Å². The van der Waals surface area contributed by atoms with Crippen molar-refractivity contribution in [2.75, 3.05) is 0 Å². The molecule has 2 aromatic heterocycles. The number of aryl methyl sites for hydroxylation is 2. The van der Waals surface area contributed by atoms with E-state index in [1.54, 1.807) is 19.1 Å². The zero-order valence-corrected chi connectivity index (χ0v) is 15.8. The molecule has 1 aliphatic heterocycles. The second-order valence-electron chi connectivity index (χ2n) is 6.58. The molecule has 0 spiro atoms. The van der Waals surface area contributed by atoms with Gasteiger partial charge in [-0.1, -0.05) is 24.1 Å². The van der Waals surface area contributed by atoms with Crippen LogP contribution in [0.5, 0.6) is 0 Å². The molecule has 0 atom stereocenters. The SMILES string of the molecule is Cc1nn(-c2cccc(Cl)c2)nc1C(=O)NCc1nnc2n1CCCCC2. The van der Waals surface area contributed by atoms with Crippen LogP contribution in [0.3, 0.4) is 0 Å². The summed E-state index contributed by atoms with van der Waals surface area (Å²) in [6.45, 7) is 2.97. The summed E-state index contributed by atoms with van der Waals surface area (Å²) in [4.78, 5) is 14.0. The molecular weight excluding hydrogens is 366 g/mol. The average Bonchev–Trinajstić information content (AvgIpc) is 3.15. The van der Waals surface area contributed by atoms with Gasteiger partial charge in [0, 0.05) is 18.0 Å². The van der Waals surface area contributed by atoms with Crippen LogP contribution in [0.4, 0.5) is 0 Å². The highest BCUT2D eigenvalue weighted by Gasteiger charge is 2.19. The van der Waals surface area contributed by atoms with Gasteiger partial charge in [-0.15, -0.1) is 15.3 Å². The van der Waals surface area contributed by atoms with Gasteiger partial charge in [0.15, 0.2) is 11.5 Å². The number of fused-ring (bicyclic) bond motifs is 1. The highest BCUT2D eigenvalue weighted by atomic mass is 35.5. The van der Waals surface area contributed by atoms with E-state index in [1.807, 2.05) is 12.1 Å². The molecular formula is C18H20ClN7O. The zero-order valence-electron chi connectivity index (χ0n) is 15.0. The molecule has 0 fully saturated rings. The first-order valence-electron chi connectivity index (χ1n) is 9.01. The fraction of sp³-hybridized carbons (Fsp3) is 0.389. The summed E-state index contributed by atoms with van der Waals surface area (Å²) in [5, 5.41) is 20.6. The molecule has 1 N–H and O–H groups in total.